The third-order valence-corrected chi connectivity index (χ3v) is 0.739. The second kappa shape index (κ2) is 7.84. The quantitative estimate of drug-likeness (QED) is 0.313. The Bertz CT molecular complexity index is 46.2. The SMILES string of the molecule is CNCOCNCCO. The summed E-state index contributed by atoms with van der Waals surface area (Å²) in [5.74, 6) is 0. The van der Waals surface area contributed by atoms with Crippen LogP contribution in [0.1, 0.15) is 0 Å². The van der Waals surface area contributed by atoms with Crippen LogP contribution in [0.4, 0.5) is 0 Å². The van der Waals surface area contributed by atoms with Gasteiger partial charge in [-0.25, -0.2) is 0 Å². The van der Waals surface area contributed by atoms with Crippen molar-refractivity contribution in [1.82, 2.24) is 10.6 Å². The van der Waals surface area contributed by atoms with Gasteiger partial charge in [0.15, 0.2) is 0 Å². The Hall–Kier alpha value is -0.160. The lowest BCUT2D eigenvalue weighted by atomic mass is 10.7. The molecule has 0 heterocycles. The molecule has 0 saturated carbocycles. The molecule has 0 aromatic heterocycles. The zero-order valence-electron chi connectivity index (χ0n) is 5.68. The Morgan fingerprint density at radius 1 is 1.44 bits per heavy atom. The van der Waals surface area contributed by atoms with Crippen molar-refractivity contribution in [2.45, 2.75) is 0 Å². The van der Waals surface area contributed by atoms with E-state index in [1.54, 1.807) is 0 Å². The highest BCUT2D eigenvalue weighted by Crippen LogP contribution is 1.63. The Kier molecular flexibility index (Phi) is 7.70. The standard InChI is InChI=1S/C5H14N2O2/c1-6-4-9-5-7-2-3-8/h6-8H,2-5H2,1H3. The highest BCUT2D eigenvalue weighted by Gasteiger charge is 1.81. The number of aliphatic hydroxyl groups excluding tert-OH is 1. The second-order valence-electron chi connectivity index (χ2n) is 1.57. The largest absolute Gasteiger partial charge is 0.395 e. The van der Waals surface area contributed by atoms with Gasteiger partial charge >= 0.3 is 0 Å². The van der Waals surface area contributed by atoms with Gasteiger partial charge in [-0.2, -0.15) is 0 Å². The molecule has 0 fully saturated rings. The van der Waals surface area contributed by atoms with Gasteiger partial charge in [0, 0.05) is 6.54 Å². The molecular formula is C5H14N2O2. The summed E-state index contributed by atoms with van der Waals surface area (Å²) in [6.07, 6.45) is 0. The molecule has 0 aliphatic carbocycles. The molecule has 0 aromatic rings. The Labute approximate surface area is 55.2 Å². The van der Waals surface area contributed by atoms with Gasteiger partial charge in [0.1, 0.15) is 0 Å². The monoisotopic (exact) mass is 134 g/mol. The number of ether oxygens (including phenoxy) is 1. The summed E-state index contributed by atoms with van der Waals surface area (Å²) in [7, 11) is 1.81. The Morgan fingerprint density at radius 2 is 2.22 bits per heavy atom. The van der Waals surface area contributed by atoms with Crippen molar-refractivity contribution in [3.8, 4) is 0 Å². The lowest BCUT2D eigenvalue weighted by Crippen LogP contribution is -2.24. The summed E-state index contributed by atoms with van der Waals surface area (Å²) in [5.41, 5.74) is 0. The van der Waals surface area contributed by atoms with E-state index in [1.165, 1.54) is 0 Å². The zero-order valence-corrected chi connectivity index (χ0v) is 5.68. The minimum atomic E-state index is 0.156. The highest BCUT2D eigenvalue weighted by molar-refractivity contribution is 4.33. The van der Waals surface area contributed by atoms with Crippen molar-refractivity contribution < 1.29 is 9.84 Å². The predicted octanol–water partition coefficient (Wildman–Crippen LogP) is -1.28. The topological polar surface area (TPSA) is 53.5 Å². The highest BCUT2D eigenvalue weighted by atomic mass is 16.5. The van der Waals surface area contributed by atoms with Crippen molar-refractivity contribution in [3.05, 3.63) is 0 Å². The van der Waals surface area contributed by atoms with Crippen molar-refractivity contribution in [1.29, 1.82) is 0 Å². The van der Waals surface area contributed by atoms with Crippen molar-refractivity contribution >= 4 is 0 Å². The fourth-order valence-corrected chi connectivity index (χ4v) is 0.376. The van der Waals surface area contributed by atoms with Crippen LogP contribution in [0, 0.1) is 0 Å². The van der Waals surface area contributed by atoms with E-state index < -0.39 is 0 Å². The van der Waals surface area contributed by atoms with E-state index in [0.29, 0.717) is 20.0 Å². The Morgan fingerprint density at radius 3 is 2.78 bits per heavy atom. The first kappa shape index (κ1) is 8.84. The van der Waals surface area contributed by atoms with Gasteiger partial charge in [0.05, 0.1) is 20.1 Å². The van der Waals surface area contributed by atoms with E-state index in [9.17, 15) is 0 Å². The van der Waals surface area contributed by atoms with Gasteiger partial charge in [0.25, 0.3) is 0 Å². The van der Waals surface area contributed by atoms with Gasteiger partial charge < -0.3 is 9.84 Å². The summed E-state index contributed by atoms with van der Waals surface area (Å²) in [6, 6.07) is 0. The number of hydrogen-bond donors (Lipinski definition) is 3. The van der Waals surface area contributed by atoms with Crippen molar-refractivity contribution in [3.63, 3.8) is 0 Å². The number of rotatable bonds is 6. The molecule has 0 amide bonds. The van der Waals surface area contributed by atoms with Gasteiger partial charge in [-0.3, -0.25) is 10.6 Å². The molecule has 0 unspecified atom stereocenters. The molecule has 0 radical (unpaired) electrons. The first-order valence-corrected chi connectivity index (χ1v) is 2.95. The van der Waals surface area contributed by atoms with Crippen molar-refractivity contribution in [2.24, 2.45) is 0 Å². The lowest BCUT2D eigenvalue weighted by molar-refractivity contribution is 0.101. The summed E-state index contributed by atoms with van der Waals surface area (Å²) >= 11 is 0. The van der Waals surface area contributed by atoms with Gasteiger partial charge in [0.2, 0.25) is 0 Å². The maximum atomic E-state index is 8.29. The lowest BCUT2D eigenvalue weighted by Gasteiger charge is -2.02. The van der Waals surface area contributed by atoms with Crippen LogP contribution < -0.4 is 10.6 Å². The minimum Gasteiger partial charge on any atom is -0.395 e. The minimum absolute atomic E-state index is 0.156. The molecule has 3 N–H and O–H groups in total. The molecule has 0 aliphatic rings. The molecule has 0 aliphatic heterocycles. The average Bonchev–Trinajstić information content (AvgIpc) is 1.89. The first-order valence-electron chi connectivity index (χ1n) is 2.95. The molecule has 56 valence electrons. The number of aliphatic hydroxyl groups is 1. The molecule has 0 bridgehead atoms. The third-order valence-electron chi connectivity index (χ3n) is 0.739. The summed E-state index contributed by atoms with van der Waals surface area (Å²) < 4.78 is 4.95. The van der Waals surface area contributed by atoms with Crippen LogP contribution in [-0.4, -0.2) is 38.8 Å². The molecule has 0 atom stereocenters. The summed E-state index contributed by atoms with van der Waals surface area (Å²) in [6.45, 7) is 1.77. The van der Waals surface area contributed by atoms with E-state index in [0.717, 1.165) is 0 Å². The van der Waals surface area contributed by atoms with Crippen LogP contribution in [-0.2, 0) is 4.74 Å². The molecular weight excluding hydrogens is 120 g/mol. The third kappa shape index (κ3) is 7.84. The van der Waals surface area contributed by atoms with E-state index in [4.69, 9.17) is 9.84 Å². The van der Waals surface area contributed by atoms with Gasteiger partial charge in [-0.1, -0.05) is 0 Å². The van der Waals surface area contributed by atoms with Crippen LogP contribution in [0.2, 0.25) is 0 Å². The maximum absolute atomic E-state index is 8.29. The van der Waals surface area contributed by atoms with Crippen LogP contribution in [0.5, 0.6) is 0 Å². The normalized spacial score (nSPS) is 10.0. The van der Waals surface area contributed by atoms with Crippen LogP contribution in [0.15, 0.2) is 0 Å². The van der Waals surface area contributed by atoms with Crippen LogP contribution >= 0.6 is 0 Å². The van der Waals surface area contributed by atoms with E-state index >= 15 is 0 Å². The molecule has 4 heteroatoms. The van der Waals surface area contributed by atoms with E-state index in [1.807, 2.05) is 7.05 Å². The molecule has 0 spiro atoms. The van der Waals surface area contributed by atoms with E-state index in [2.05, 4.69) is 10.6 Å². The second-order valence-corrected chi connectivity index (χ2v) is 1.57. The Balaban J connectivity index is 2.60. The van der Waals surface area contributed by atoms with Gasteiger partial charge in [-0.05, 0) is 7.05 Å². The van der Waals surface area contributed by atoms with Crippen LogP contribution in [0.25, 0.3) is 0 Å². The average molecular weight is 134 g/mol. The molecule has 0 aromatic carbocycles. The van der Waals surface area contributed by atoms with Crippen LogP contribution in [0.3, 0.4) is 0 Å². The summed E-state index contributed by atoms with van der Waals surface area (Å²) in [4.78, 5) is 0. The maximum Gasteiger partial charge on any atom is 0.0983 e. The number of nitrogens with one attached hydrogen (secondary N) is 2. The summed E-state index contributed by atoms with van der Waals surface area (Å²) in [5, 5.41) is 14.0. The van der Waals surface area contributed by atoms with E-state index in [-0.39, 0.29) is 6.61 Å². The fraction of sp³-hybridized carbons (Fsp3) is 1.00. The molecule has 0 rings (SSSR count). The smallest absolute Gasteiger partial charge is 0.0983 e. The van der Waals surface area contributed by atoms with Crippen molar-refractivity contribution in [2.75, 3.05) is 33.7 Å². The predicted molar refractivity (Wildman–Crippen MR) is 35.0 cm³/mol. The first-order chi connectivity index (χ1) is 4.41. The fourth-order valence-electron chi connectivity index (χ4n) is 0.376. The zero-order chi connectivity index (χ0) is 6.95. The molecule has 9 heavy (non-hydrogen) atoms. The van der Waals surface area contributed by atoms with Gasteiger partial charge in [-0.15, -0.1) is 0 Å². The molecule has 4 nitrogen and oxygen atoms in total. The molecule has 0 saturated heterocycles. The number of hydrogen-bond acceptors (Lipinski definition) is 4.